The van der Waals surface area contributed by atoms with Gasteiger partial charge in [-0.25, -0.2) is 9.97 Å². The molecular weight excluding hydrogens is 307 g/mol. The third-order valence-corrected chi connectivity index (χ3v) is 3.59. The first-order chi connectivity index (χ1) is 7.97. The molecule has 1 aromatic heterocycles. The molecule has 0 fully saturated rings. The van der Waals surface area contributed by atoms with E-state index >= 15 is 0 Å². The monoisotopic (exact) mass is 320 g/mol. The fraction of sp³-hybridized carbons (Fsp3) is 0.500. The van der Waals surface area contributed by atoms with E-state index in [0.29, 0.717) is 22.0 Å². The second-order valence-electron chi connectivity index (χ2n) is 3.55. The molecule has 5 nitrogen and oxygen atoms in total. The van der Waals surface area contributed by atoms with Crippen molar-refractivity contribution < 1.29 is 4.79 Å². The second kappa shape index (κ2) is 6.16. The van der Waals surface area contributed by atoms with Gasteiger partial charge >= 0.3 is 0 Å². The minimum absolute atomic E-state index is 0.00543. The van der Waals surface area contributed by atoms with Crippen LogP contribution < -0.4 is 5.32 Å². The smallest absolute Gasteiger partial charge is 0.244 e. The molecule has 1 heterocycles. The Balaban J connectivity index is 2.78. The Morgan fingerprint density at radius 2 is 2.29 bits per heavy atom. The van der Waals surface area contributed by atoms with Gasteiger partial charge in [-0.05, 0) is 29.8 Å². The van der Waals surface area contributed by atoms with Crippen LogP contribution in [0.15, 0.2) is 10.8 Å². The summed E-state index contributed by atoms with van der Waals surface area (Å²) < 4.78 is 0.556. The molecular formula is C10H14BrClN4O. The van der Waals surface area contributed by atoms with Crippen LogP contribution in [-0.4, -0.2) is 40.4 Å². The molecule has 0 bridgehead atoms. The van der Waals surface area contributed by atoms with E-state index in [1.807, 2.05) is 6.92 Å². The summed E-state index contributed by atoms with van der Waals surface area (Å²) in [6.45, 7) is 4.36. The van der Waals surface area contributed by atoms with Crippen LogP contribution in [0.25, 0.3) is 0 Å². The van der Waals surface area contributed by atoms with Crippen molar-refractivity contribution in [1.29, 1.82) is 0 Å². The molecule has 94 valence electrons. The second-order valence-corrected chi connectivity index (χ2v) is 4.70. The Labute approximate surface area is 114 Å². The van der Waals surface area contributed by atoms with Gasteiger partial charge in [0.15, 0.2) is 0 Å². The summed E-state index contributed by atoms with van der Waals surface area (Å²) in [6, 6.07) is -0.373. The van der Waals surface area contributed by atoms with Gasteiger partial charge in [-0.15, -0.1) is 0 Å². The number of amides is 1. The highest BCUT2D eigenvalue weighted by Crippen LogP contribution is 2.26. The van der Waals surface area contributed by atoms with Crippen molar-refractivity contribution in [2.24, 2.45) is 0 Å². The van der Waals surface area contributed by atoms with Crippen LogP contribution in [0.1, 0.15) is 13.8 Å². The average Bonchev–Trinajstić information content (AvgIpc) is 2.32. The van der Waals surface area contributed by atoms with E-state index in [4.69, 9.17) is 11.6 Å². The van der Waals surface area contributed by atoms with E-state index in [1.54, 1.807) is 18.9 Å². The van der Waals surface area contributed by atoms with Crippen molar-refractivity contribution in [2.45, 2.75) is 19.9 Å². The molecule has 0 aliphatic rings. The Morgan fingerprint density at radius 3 is 2.88 bits per heavy atom. The molecule has 1 unspecified atom stereocenters. The fourth-order valence-electron chi connectivity index (χ4n) is 1.20. The molecule has 1 aromatic rings. The van der Waals surface area contributed by atoms with Crippen LogP contribution in [0, 0.1) is 0 Å². The minimum Gasteiger partial charge on any atom is -0.358 e. The van der Waals surface area contributed by atoms with E-state index < -0.39 is 0 Å². The lowest BCUT2D eigenvalue weighted by molar-refractivity contribution is -0.130. The number of hydrogen-bond acceptors (Lipinski definition) is 4. The lowest BCUT2D eigenvalue weighted by Gasteiger charge is -2.21. The van der Waals surface area contributed by atoms with Crippen LogP contribution in [0.3, 0.4) is 0 Å². The summed E-state index contributed by atoms with van der Waals surface area (Å²) >= 11 is 9.10. The van der Waals surface area contributed by atoms with Crippen LogP contribution >= 0.6 is 27.5 Å². The molecule has 1 atom stereocenters. The number of carbonyl (C=O) groups is 1. The van der Waals surface area contributed by atoms with Gasteiger partial charge in [0.1, 0.15) is 23.3 Å². The highest BCUT2D eigenvalue weighted by Gasteiger charge is 2.18. The molecule has 1 amide bonds. The number of anilines is 1. The average molecular weight is 322 g/mol. The number of halogens is 2. The van der Waals surface area contributed by atoms with Gasteiger partial charge in [-0.3, -0.25) is 4.79 Å². The SMILES string of the molecule is CCN(C)C(=O)C(C)Nc1ncnc(Cl)c1Br. The Bertz CT molecular complexity index is 415. The van der Waals surface area contributed by atoms with Crippen LogP contribution in [0.5, 0.6) is 0 Å². The largest absolute Gasteiger partial charge is 0.358 e. The third kappa shape index (κ3) is 3.54. The van der Waals surface area contributed by atoms with E-state index in [-0.39, 0.29) is 11.9 Å². The van der Waals surface area contributed by atoms with Crippen molar-refractivity contribution in [3.63, 3.8) is 0 Å². The predicted octanol–water partition coefficient (Wildman–Crippen LogP) is 2.17. The van der Waals surface area contributed by atoms with Gasteiger partial charge in [0.25, 0.3) is 0 Å². The first kappa shape index (κ1) is 14.2. The van der Waals surface area contributed by atoms with Crippen LogP contribution in [0.2, 0.25) is 5.15 Å². The van der Waals surface area contributed by atoms with E-state index in [2.05, 4.69) is 31.2 Å². The van der Waals surface area contributed by atoms with Crippen molar-refractivity contribution in [1.82, 2.24) is 14.9 Å². The maximum atomic E-state index is 11.8. The summed E-state index contributed by atoms with van der Waals surface area (Å²) in [7, 11) is 1.75. The van der Waals surface area contributed by atoms with Crippen molar-refractivity contribution in [3.8, 4) is 0 Å². The Kier molecular flexibility index (Phi) is 5.14. The number of nitrogens with one attached hydrogen (secondary N) is 1. The van der Waals surface area contributed by atoms with Gasteiger partial charge in [-0.1, -0.05) is 11.6 Å². The normalized spacial score (nSPS) is 12.1. The fourth-order valence-corrected chi connectivity index (χ4v) is 1.65. The molecule has 1 rings (SSSR count). The minimum atomic E-state index is -0.373. The van der Waals surface area contributed by atoms with Gasteiger partial charge in [0.2, 0.25) is 5.91 Å². The molecule has 0 spiro atoms. The number of carbonyl (C=O) groups excluding carboxylic acids is 1. The van der Waals surface area contributed by atoms with Gasteiger partial charge in [-0.2, -0.15) is 0 Å². The first-order valence-electron chi connectivity index (χ1n) is 5.14. The summed E-state index contributed by atoms with van der Waals surface area (Å²) in [5.74, 6) is 0.504. The van der Waals surface area contributed by atoms with Gasteiger partial charge < -0.3 is 10.2 Å². The molecule has 0 aliphatic carbocycles. The van der Waals surface area contributed by atoms with Crippen LogP contribution in [-0.2, 0) is 4.79 Å². The number of rotatable bonds is 4. The number of likely N-dealkylation sites (N-methyl/N-ethyl adjacent to an activating group) is 1. The Hall–Kier alpha value is -0.880. The lowest BCUT2D eigenvalue weighted by Crippen LogP contribution is -2.39. The van der Waals surface area contributed by atoms with Gasteiger partial charge in [0, 0.05) is 13.6 Å². The zero-order chi connectivity index (χ0) is 13.0. The molecule has 0 aromatic carbocycles. The summed E-state index contributed by atoms with van der Waals surface area (Å²) in [4.78, 5) is 21.3. The van der Waals surface area contributed by atoms with Crippen molar-refractivity contribution >= 4 is 39.3 Å². The third-order valence-electron chi connectivity index (χ3n) is 2.32. The van der Waals surface area contributed by atoms with Crippen molar-refractivity contribution in [3.05, 3.63) is 16.0 Å². The zero-order valence-electron chi connectivity index (χ0n) is 9.87. The highest BCUT2D eigenvalue weighted by molar-refractivity contribution is 9.10. The molecule has 0 saturated carbocycles. The molecule has 0 saturated heterocycles. The first-order valence-corrected chi connectivity index (χ1v) is 6.32. The highest BCUT2D eigenvalue weighted by atomic mass is 79.9. The summed E-state index contributed by atoms with van der Waals surface area (Å²) in [6.07, 6.45) is 1.34. The quantitative estimate of drug-likeness (QED) is 0.864. The van der Waals surface area contributed by atoms with Crippen molar-refractivity contribution in [2.75, 3.05) is 18.9 Å². The molecule has 7 heteroatoms. The van der Waals surface area contributed by atoms with Gasteiger partial charge in [0.05, 0.1) is 4.47 Å². The topological polar surface area (TPSA) is 58.1 Å². The maximum absolute atomic E-state index is 11.8. The standard InChI is InChI=1S/C10H14BrClN4O/c1-4-16(3)10(17)6(2)15-9-7(11)8(12)13-5-14-9/h5-6H,4H2,1-3H3,(H,13,14,15). The molecule has 17 heavy (non-hydrogen) atoms. The number of nitrogens with zero attached hydrogens (tertiary/aromatic N) is 3. The maximum Gasteiger partial charge on any atom is 0.244 e. The Morgan fingerprint density at radius 1 is 1.65 bits per heavy atom. The van der Waals surface area contributed by atoms with E-state index in [9.17, 15) is 4.79 Å². The van der Waals surface area contributed by atoms with E-state index in [0.717, 1.165) is 0 Å². The lowest BCUT2D eigenvalue weighted by atomic mass is 10.3. The summed E-state index contributed by atoms with van der Waals surface area (Å²) in [5.41, 5.74) is 0. The predicted molar refractivity (Wildman–Crippen MR) is 71.1 cm³/mol. The number of hydrogen-bond donors (Lipinski definition) is 1. The van der Waals surface area contributed by atoms with Crippen LogP contribution in [0.4, 0.5) is 5.82 Å². The number of aromatic nitrogens is 2. The summed E-state index contributed by atoms with van der Waals surface area (Å²) in [5, 5.41) is 3.30. The molecule has 0 aliphatic heterocycles. The zero-order valence-corrected chi connectivity index (χ0v) is 12.2. The molecule has 1 N–H and O–H groups in total. The molecule has 0 radical (unpaired) electrons. The van der Waals surface area contributed by atoms with E-state index in [1.165, 1.54) is 6.33 Å².